The number of hydrogen-bond donors (Lipinski definition) is 2. The van der Waals surface area contributed by atoms with E-state index in [-0.39, 0.29) is 12.8 Å². The number of rotatable bonds is 3. The smallest absolute Gasteiger partial charge is 0.317 e. The quantitative estimate of drug-likeness (QED) is 0.874. The molecule has 6 heteroatoms. The first-order valence-corrected chi connectivity index (χ1v) is 7.28. The molecular formula is C15H18N2O4. The van der Waals surface area contributed by atoms with Crippen LogP contribution in [0.1, 0.15) is 18.4 Å². The van der Waals surface area contributed by atoms with E-state index in [0.29, 0.717) is 37.1 Å². The van der Waals surface area contributed by atoms with Gasteiger partial charge in [-0.3, -0.25) is 0 Å². The monoisotopic (exact) mass is 290 g/mol. The van der Waals surface area contributed by atoms with Crippen molar-refractivity contribution in [2.75, 3.05) is 19.9 Å². The molecule has 1 aliphatic carbocycles. The molecule has 1 aromatic carbocycles. The SMILES string of the molecule is O=C(NCc1cccc2c1OCO2)N1CC(O)(C2CC2)C1. The molecule has 0 atom stereocenters. The van der Waals surface area contributed by atoms with Crippen molar-refractivity contribution >= 4 is 6.03 Å². The molecule has 112 valence electrons. The number of ether oxygens (including phenoxy) is 2. The lowest BCUT2D eigenvalue weighted by Gasteiger charge is -2.46. The number of para-hydroxylation sites is 1. The lowest BCUT2D eigenvalue weighted by Crippen LogP contribution is -2.66. The summed E-state index contributed by atoms with van der Waals surface area (Å²) in [6, 6.07) is 5.49. The maximum atomic E-state index is 12.1. The number of benzene rings is 1. The lowest BCUT2D eigenvalue weighted by molar-refractivity contribution is -0.0918. The Kier molecular flexibility index (Phi) is 2.75. The number of β-amino-alcohol motifs (C(OH)–C–C–N with tert-alkyl or cyclic N) is 1. The molecule has 6 nitrogen and oxygen atoms in total. The minimum atomic E-state index is -0.637. The van der Waals surface area contributed by atoms with E-state index in [9.17, 15) is 9.90 Å². The highest BCUT2D eigenvalue weighted by molar-refractivity contribution is 5.75. The van der Waals surface area contributed by atoms with Gasteiger partial charge < -0.3 is 24.8 Å². The summed E-state index contributed by atoms with van der Waals surface area (Å²) >= 11 is 0. The summed E-state index contributed by atoms with van der Waals surface area (Å²) in [5, 5.41) is 13.1. The maximum absolute atomic E-state index is 12.1. The molecule has 2 fully saturated rings. The van der Waals surface area contributed by atoms with Crippen LogP contribution in [0, 0.1) is 5.92 Å². The number of hydrogen-bond acceptors (Lipinski definition) is 4. The number of urea groups is 1. The standard InChI is InChI=1S/C15H18N2O4/c18-14(17-7-15(19,8-17)11-4-5-11)16-6-10-2-1-3-12-13(10)21-9-20-12/h1-3,11,19H,4-9H2,(H,16,18). The van der Waals surface area contributed by atoms with Crippen molar-refractivity contribution in [1.29, 1.82) is 0 Å². The predicted octanol–water partition coefficient (Wildman–Crippen LogP) is 1.08. The zero-order valence-corrected chi connectivity index (χ0v) is 11.7. The van der Waals surface area contributed by atoms with Crippen LogP contribution in [0.5, 0.6) is 11.5 Å². The molecule has 2 amide bonds. The highest BCUT2D eigenvalue weighted by Crippen LogP contribution is 2.44. The number of fused-ring (bicyclic) bond motifs is 1. The minimum Gasteiger partial charge on any atom is -0.454 e. The van der Waals surface area contributed by atoms with Crippen LogP contribution in [0.15, 0.2) is 18.2 Å². The fourth-order valence-corrected chi connectivity index (χ4v) is 3.05. The van der Waals surface area contributed by atoms with Crippen LogP contribution in [-0.4, -0.2) is 41.5 Å². The fraction of sp³-hybridized carbons (Fsp3) is 0.533. The maximum Gasteiger partial charge on any atom is 0.317 e. The molecule has 0 radical (unpaired) electrons. The summed E-state index contributed by atoms with van der Waals surface area (Å²) in [5.41, 5.74) is 0.263. The summed E-state index contributed by atoms with van der Waals surface area (Å²) in [6.45, 7) is 1.50. The van der Waals surface area contributed by atoms with Crippen molar-refractivity contribution < 1.29 is 19.4 Å². The van der Waals surface area contributed by atoms with Crippen molar-refractivity contribution in [3.8, 4) is 11.5 Å². The van der Waals surface area contributed by atoms with Gasteiger partial charge in [-0.25, -0.2) is 4.79 Å². The van der Waals surface area contributed by atoms with Crippen LogP contribution in [-0.2, 0) is 6.54 Å². The zero-order valence-electron chi connectivity index (χ0n) is 11.7. The van der Waals surface area contributed by atoms with E-state index in [1.54, 1.807) is 4.90 Å². The van der Waals surface area contributed by atoms with Crippen molar-refractivity contribution in [2.45, 2.75) is 25.0 Å². The third kappa shape index (κ3) is 2.19. The average Bonchev–Trinajstić information content (AvgIpc) is 3.19. The van der Waals surface area contributed by atoms with Crippen molar-refractivity contribution in [3.63, 3.8) is 0 Å². The molecule has 0 bridgehead atoms. The van der Waals surface area contributed by atoms with E-state index in [1.165, 1.54) is 0 Å². The molecule has 2 N–H and O–H groups in total. The van der Waals surface area contributed by atoms with E-state index in [4.69, 9.17) is 9.47 Å². The number of nitrogens with zero attached hydrogens (tertiary/aromatic N) is 1. The Morgan fingerprint density at radius 2 is 2.19 bits per heavy atom. The van der Waals surface area contributed by atoms with Gasteiger partial charge in [0.1, 0.15) is 5.60 Å². The van der Waals surface area contributed by atoms with Crippen LogP contribution >= 0.6 is 0 Å². The molecule has 3 aliphatic rings. The average molecular weight is 290 g/mol. The summed E-state index contributed by atoms with van der Waals surface area (Å²) in [4.78, 5) is 13.7. The molecule has 4 rings (SSSR count). The third-order valence-corrected chi connectivity index (χ3v) is 4.46. The summed E-state index contributed by atoms with van der Waals surface area (Å²) in [5.74, 6) is 1.81. The second-order valence-electron chi connectivity index (χ2n) is 6.04. The number of carbonyl (C=O) groups is 1. The van der Waals surface area contributed by atoms with Gasteiger partial charge in [0.25, 0.3) is 0 Å². The second kappa shape index (κ2) is 4.53. The first kappa shape index (κ1) is 12.8. The molecule has 2 heterocycles. The largest absolute Gasteiger partial charge is 0.454 e. The molecular weight excluding hydrogens is 272 g/mol. The van der Waals surface area contributed by atoms with Crippen LogP contribution in [0.3, 0.4) is 0 Å². The summed E-state index contributed by atoms with van der Waals surface area (Å²) in [7, 11) is 0. The fourth-order valence-electron chi connectivity index (χ4n) is 3.05. The molecule has 21 heavy (non-hydrogen) atoms. The second-order valence-corrected chi connectivity index (χ2v) is 6.04. The molecule has 1 aromatic rings. The lowest BCUT2D eigenvalue weighted by atomic mass is 9.89. The number of aliphatic hydroxyl groups is 1. The number of carbonyl (C=O) groups excluding carboxylic acids is 1. The normalized spacial score (nSPS) is 21.9. The van der Waals surface area contributed by atoms with Gasteiger partial charge in [0.15, 0.2) is 11.5 Å². The molecule has 0 unspecified atom stereocenters. The van der Waals surface area contributed by atoms with Crippen LogP contribution in [0.4, 0.5) is 4.79 Å². The van der Waals surface area contributed by atoms with Crippen LogP contribution < -0.4 is 14.8 Å². The van der Waals surface area contributed by atoms with Crippen molar-refractivity contribution in [2.24, 2.45) is 5.92 Å². The van der Waals surface area contributed by atoms with Gasteiger partial charge in [0.2, 0.25) is 6.79 Å². The minimum absolute atomic E-state index is 0.142. The van der Waals surface area contributed by atoms with Gasteiger partial charge >= 0.3 is 6.03 Å². The highest BCUT2D eigenvalue weighted by Gasteiger charge is 2.53. The Morgan fingerprint density at radius 1 is 1.38 bits per heavy atom. The van der Waals surface area contributed by atoms with E-state index >= 15 is 0 Å². The van der Waals surface area contributed by atoms with Crippen molar-refractivity contribution in [1.82, 2.24) is 10.2 Å². The van der Waals surface area contributed by atoms with Gasteiger partial charge in [0.05, 0.1) is 13.1 Å². The van der Waals surface area contributed by atoms with Gasteiger partial charge in [-0.15, -0.1) is 0 Å². The van der Waals surface area contributed by atoms with E-state index < -0.39 is 5.60 Å². The summed E-state index contributed by atoms with van der Waals surface area (Å²) < 4.78 is 10.7. The van der Waals surface area contributed by atoms with Crippen molar-refractivity contribution in [3.05, 3.63) is 23.8 Å². The van der Waals surface area contributed by atoms with Gasteiger partial charge in [0, 0.05) is 12.1 Å². The zero-order chi connectivity index (χ0) is 14.4. The van der Waals surface area contributed by atoms with E-state index in [2.05, 4.69) is 5.32 Å². The topological polar surface area (TPSA) is 71.0 Å². The number of likely N-dealkylation sites (tertiary alicyclic amines) is 1. The first-order chi connectivity index (χ1) is 10.2. The summed E-state index contributed by atoms with van der Waals surface area (Å²) in [6.07, 6.45) is 2.17. The van der Waals surface area contributed by atoms with Gasteiger partial charge in [-0.1, -0.05) is 12.1 Å². The van der Waals surface area contributed by atoms with E-state index in [0.717, 1.165) is 18.4 Å². The van der Waals surface area contributed by atoms with E-state index in [1.807, 2.05) is 18.2 Å². The van der Waals surface area contributed by atoms with Gasteiger partial charge in [-0.2, -0.15) is 0 Å². The molecule has 2 aliphatic heterocycles. The third-order valence-electron chi connectivity index (χ3n) is 4.46. The Bertz CT molecular complexity index is 579. The van der Waals surface area contributed by atoms with Crippen LogP contribution in [0.25, 0.3) is 0 Å². The predicted molar refractivity (Wildman–Crippen MR) is 74.0 cm³/mol. The molecule has 1 saturated heterocycles. The first-order valence-electron chi connectivity index (χ1n) is 7.28. The Labute approximate surface area is 122 Å². The Balaban J connectivity index is 1.33. The number of amides is 2. The number of nitrogens with one attached hydrogen (secondary N) is 1. The van der Waals surface area contributed by atoms with Crippen LogP contribution in [0.2, 0.25) is 0 Å². The Hall–Kier alpha value is -1.95. The molecule has 0 aromatic heterocycles. The molecule has 1 saturated carbocycles. The highest BCUT2D eigenvalue weighted by atomic mass is 16.7. The molecule has 0 spiro atoms. The Morgan fingerprint density at radius 3 is 2.95 bits per heavy atom. The van der Waals surface area contributed by atoms with Gasteiger partial charge in [-0.05, 0) is 24.8 Å².